The number of carbonyl (C=O) groups excluding carboxylic acids is 2. The van der Waals surface area contributed by atoms with Crippen LogP contribution in [0.2, 0.25) is 0 Å². The lowest BCUT2D eigenvalue weighted by atomic mass is 10.2. The molecule has 0 fully saturated rings. The molecular formula is C13H10N2O2. The molecule has 17 heavy (non-hydrogen) atoms. The van der Waals surface area contributed by atoms with Gasteiger partial charge in [-0.25, -0.2) is 0 Å². The van der Waals surface area contributed by atoms with Crippen molar-refractivity contribution < 1.29 is 9.59 Å². The van der Waals surface area contributed by atoms with Crippen molar-refractivity contribution in [2.45, 2.75) is 0 Å². The van der Waals surface area contributed by atoms with E-state index in [0.717, 1.165) is 16.6 Å². The number of hydrogen-bond donors (Lipinski definition) is 1. The van der Waals surface area contributed by atoms with Crippen LogP contribution in [-0.4, -0.2) is 16.4 Å². The lowest BCUT2D eigenvalue weighted by Crippen LogP contribution is -2.22. The number of carbonyl (C=O) groups is 2. The molecule has 0 radical (unpaired) electrons. The molecule has 2 aromatic rings. The summed E-state index contributed by atoms with van der Waals surface area (Å²) in [5.74, 6) is -0.684. The molecule has 4 nitrogen and oxygen atoms in total. The monoisotopic (exact) mass is 226 g/mol. The van der Waals surface area contributed by atoms with Gasteiger partial charge in [-0.1, -0.05) is 18.2 Å². The highest BCUT2D eigenvalue weighted by Crippen LogP contribution is 2.25. The summed E-state index contributed by atoms with van der Waals surface area (Å²) in [5.41, 5.74) is 2.22. The number of hydrogen-bond acceptors (Lipinski definition) is 2. The molecule has 1 aromatic carbocycles. The summed E-state index contributed by atoms with van der Waals surface area (Å²) in [4.78, 5) is 22.7. The molecule has 2 amide bonds. The summed E-state index contributed by atoms with van der Waals surface area (Å²) >= 11 is 0. The summed E-state index contributed by atoms with van der Waals surface area (Å²) in [7, 11) is 1.88. The van der Waals surface area contributed by atoms with Gasteiger partial charge in [-0.3, -0.25) is 14.9 Å². The topological polar surface area (TPSA) is 51.1 Å². The molecule has 84 valence electrons. The van der Waals surface area contributed by atoms with Gasteiger partial charge in [0, 0.05) is 24.0 Å². The van der Waals surface area contributed by atoms with Gasteiger partial charge in [0.15, 0.2) is 0 Å². The maximum atomic E-state index is 11.6. The SMILES string of the molecule is Cn1c(C2=CC(=O)NC2=O)cc2ccccc21. The van der Waals surface area contributed by atoms with Crippen molar-refractivity contribution >= 4 is 28.3 Å². The van der Waals surface area contributed by atoms with Crippen LogP contribution in [0, 0.1) is 0 Å². The second-order valence-corrected chi connectivity index (χ2v) is 4.02. The highest BCUT2D eigenvalue weighted by molar-refractivity contribution is 6.33. The Morgan fingerprint density at radius 1 is 1.18 bits per heavy atom. The first-order valence-corrected chi connectivity index (χ1v) is 5.28. The molecule has 0 spiro atoms. The first-order chi connectivity index (χ1) is 8.16. The number of aryl methyl sites for hydroxylation is 1. The number of rotatable bonds is 1. The van der Waals surface area contributed by atoms with Gasteiger partial charge in [0.05, 0.1) is 11.3 Å². The first-order valence-electron chi connectivity index (χ1n) is 5.28. The fourth-order valence-electron chi connectivity index (χ4n) is 2.15. The second kappa shape index (κ2) is 3.31. The van der Waals surface area contributed by atoms with Crippen LogP contribution in [0.25, 0.3) is 16.5 Å². The van der Waals surface area contributed by atoms with Gasteiger partial charge in [-0.05, 0) is 12.1 Å². The molecule has 1 aliphatic heterocycles. The molecule has 1 aromatic heterocycles. The molecule has 1 aliphatic rings. The Labute approximate surface area is 97.5 Å². The Bertz CT molecular complexity index is 680. The number of benzene rings is 1. The molecule has 0 aliphatic carbocycles. The summed E-state index contributed by atoms with van der Waals surface area (Å²) in [6.07, 6.45) is 1.34. The van der Waals surface area contributed by atoms with Crippen molar-refractivity contribution in [2.24, 2.45) is 7.05 Å². The van der Waals surface area contributed by atoms with Crippen LogP contribution in [0.15, 0.2) is 36.4 Å². The quantitative estimate of drug-likeness (QED) is 0.743. The van der Waals surface area contributed by atoms with Crippen LogP contribution < -0.4 is 5.32 Å². The zero-order valence-electron chi connectivity index (χ0n) is 9.23. The third kappa shape index (κ3) is 1.38. The van der Waals surface area contributed by atoms with E-state index in [9.17, 15) is 9.59 Å². The fraction of sp³-hybridized carbons (Fsp3) is 0.0769. The van der Waals surface area contributed by atoms with Gasteiger partial charge >= 0.3 is 0 Å². The van der Waals surface area contributed by atoms with Crippen LogP contribution in [0.4, 0.5) is 0 Å². The first kappa shape index (κ1) is 9.84. The van der Waals surface area contributed by atoms with E-state index in [0.29, 0.717) is 5.57 Å². The van der Waals surface area contributed by atoms with Crippen molar-refractivity contribution in [3.63, 3.8) is 0 Å². The van der Waals surface area contributed by atoms with Crippen molar-refractivity contribution in [3.8, 4) is 0 Å². The Morgan fingerprint density at radius 3 is 2.59 bits per heavy atom. The zero-order valence-corrected chi connectivity index (χ0v) is 9.23. The standard InChI is InChI=1S/C13H10N2O2/c1-15-10-5-3-2-4-8(10)6-11(15)9-7-12(16)14-13(9)17/h2-7H,1H3,(H,14,16,17). The maximum Gasteiger partial charge on any atom is 0.260 e. The predicted molar refractivity (Wildman–Crippen MR) is 64.0 cm³/mol. The third-order valence-corrected chi connectivity index (χ3v) is 2.98. The molecule has 0 saturated carbocycles. The van der Waals surface area contributed by atoms with Crippen molar-refractivity contribution in [1.82, 2.24) is 9.88 Å². The molecule has 0 saturated heterocycles. The Hall–Kier alpha value is -2.36. The lowest BCUT2D eigenvalue weighted by molar-refractivity contribution is -0.123. The number of fused-ring (bicyclic) bond motifs is 1. The number of amides is 2. The number of aromatic nitrogens is 1. The van der Waals surface area contributed by atoms with Crippen LogP contribution in [0.5, 0.6) is 0 Å². The van der Waals surface area contributed by atoms with E-state index in [1.807, 2.05) is 41.9 Å². The number of para-hydroxylation sites is 1. The molecule has 3 rings (SSSR count). The number of nitrogens with zero attached hydrogens (tertiary/aromatic N) is 1. The average Bonchev–Trinajstić information content (AvgIpc) is 2.80. The molecule has 0 atom stereocenters. The number of imide groups is 1. The van der Waals surface area contributed by atoms with E-state index in [1.165, 1.54) is 6.08 Å². The third-order valence-electron chi connectivity index (χ3n) is 2.98. The minimum Gasteiger partial charge on any atom is -0.343 e. The minimum atomic E-state index is -0.352. The highest BCUT2D eigenvalue weighted by Gasteiger charge is 2.24. The van der Waals surface area contributed by atoms with E-state index < -0.39 is 0 Å². The maximum absolute atomic E-state index is 11.6. The van der Waals surface area contributed by atoms with E-state index in [2.05, 4.69) is 5.32 Å². The van der Waals surface area contributed by atoms with Crippen LogP contribution in [0.1, 0.15) is 5.69 Å². The van der Waals surface area contributed by atoms with E-state index in [4.69, 9.17) is 0 Å². The fourth-order valence-corrected chi connectivity index (χ4v) is 2.15. The van der Waals surface area contributed by atoms with Gasteiger partial charge < -0.3 is 4.57 Å². The molecule has 4 heteroatoms. The molecule has 1 N–H and O–H groups in total. The zero-order chi connectivity index (χ0) is 12.0. The van der Waals surface area contributed by atoms with Gasteiger partial charge in [-0.15, -0.1) is 0 Å². The number of nitrogens with one attached hydrogen (secondary N) is 1. The van der Waals surface area contributed by atoms with Crippen molar-refractivity contribution in [3.05, 3.63) is 42.1 Å². The molecule has 0 bridgehead atoms. The lowest BCUT2D eigenvalue weighted by Gasteiger charge is -2.02. The van der Waals surface area contributed by atoms with Gasteiger partial charge in [-0.2, -0.15) is 0 Å². The molecule has 2 heterocycles. The van der Waals surface area contributed by atoms with Gasteiger partial charge in [0.25, 0.3) is 11.8 Å². The summed E-state index contributed by atoms with van der Waals surface area (Å²) < 4.78 is 1.92. The van der Waals surface area contributed by atoms with Crippen molar-refractivity contribution in [2.75, 3.05) is 0 Å². The predicted octanol–water partition coefficient (Wildman–Crippen LogP) is 1.22. The Kier molecular flexibility index (Phi) is 1.92. The summed E-state index contributed by atoms with van der Waals surface area (Å²) in [6.45, 7) is 0. The van der Waals surface area contributed by atoms with E-state index in [1.54, 1.807) is 0 Å². The second-order valence-electron chi connectivity index (χ2n) is 4.02. The summed E-state index contributed by atoms with van der Waals surface area (Å²) in [6, 6.07) is 9.77. The molecular weight excluding hydrogens is 216 g/mol. The van der Waals surface area contributed by atoms with Crippen LogP contribution in [0.3, 0.4) is 0 Å². The molecule has 0 unspecified atom stereocenters. The Balaban J connectivity index is 2.25. The summed E-state index contributed by atoms with van der Waals surface area (Å²) in [5, 5.41) is 3.31. The smallest absolute Gasteiger partial charge is 0.260 e. The average molecular weight is 226 g/mol. The van der Waals surface area contributed by atoms with E-state index >= 15 is 0 Å². The van der Waals surface area contributed by atoms with Crippen LogP contribution in [-0.2, 0) is 16.6 Å². The normalized spacial score (nSPS) is 15.2. The Morgan fingerprint density at radius 2 is 1.94 bits per heavy atom. The highest BCUT2D eigenvalue weighted by atomic mass is 16.2. The van der Waals surface area contributed by atoms with Crippen molar-refractivity contribution in [1.29, 1.82) is 0 Å². The van der Waals surface area contributed by atoms with Gasteiger partial charge in [0.1, 0.15) is 0 Å². The largest absolute Gasteiger partial charge is 0.343 e. The van der Waals surface area contributed by atoms with E-state index in [-0.39, 0.29) is 11.8 Å². The van der Waals surface area contributed by atoms with Gasteiger partial charge in [0.2, 0.25) is 0 Å². The van der Waals surface area contributed by atoms with Crippen LogP contribution >= 0.6 is 0 Å². The minimum absolute atomic E-state index is 0.332.